The van der Waals surface area contributed by atoms with E-state index in [1.165, 1.54) is 36.4 Å². The molecule has 0 atom stereocenters. The van der Waals surface area contributed by atoms with E-state index in [-0.39, 0.29) is 24.3 Å². The van der Waals surface area contributed by atoms with Crippen LogP contribution in [-0.2, 0) is 9.47 Å². The van der Waals surface area contributed by atoms with Gasteiger partial charge in [0.1, 0.15) is 11.6 Å². The Morgan fingerprint density at radius 1 is 0.750 bits per heavy atom. The molecule has 5 aromatic rings. The van der Waals surface area contributed by atoms with Gasteiger partial charge in [0.15, 0.2) is 0 Å². The minimum Gasteiger partial charge on any atom is -0.462 e. The lowest BCUT2D eigenvalue weighted by molar-refractivity contribution is 0.0518. The monoisotopic (exact) mass is 436 g/mol. The van der Waals surface area contributed by atoms with Gasteiger partial charge in [-0.1, -0.05) is 0 Å². The number of aromatic nitrogens is 2. The number of nitrogens with one attached hydrogen (secondary N) is 2. The molecule has 0 bridgehead atoms. The van der Waals surface area contributed by atoms with Gasteiger partial charge in [-0.2, -0.15) is 0 Å². The summed E-state index contributed by atoms with van der Waals surface area (Å²) in [4.78, 5) is 32.5. The molecule has 8 heteroatoms. The SMILES string of the molecule is CCOC(=O)c1c2[nH]c3ccc(F)cc3c2c(C(=O)OCC)c2[nH]c3ccc(F)cc3c12. The summed E-state index contributed by atoms with van der Waals surface area (Å²) in [6.45, 7) is 3.59. The van der Waals surface area contributed by atoms with Crippen molar-refractivity contribution in [3.63, 3.8) is 0 Å². The van der Waals surface area contributed by atoms with Crippen LogP contribution in [0.5, 0.6) is 0 Å². The van der Waals surface area contributed by atoms with Gasteiger partial charge in [0.2, 0.25) is 0 Å². The molecular weight excluding hydrogens is 418 g/mol. The summed E-state index contributed by atoms with van der Waals surface area (Å²) in [7, 11) is 0. The minimum atomic E-state index is -0.643. The largest absolute Gasteiger partial charge is 0.462 e. The third-order valence-corrected chi connectivity index (χ3v) is 5.48. The first-order valence-corrected chi connectivity index (χ1v) is 10.2. The molecule has 0 fully saturated rings. The average Bonchev–Trinajstić information content (AvgIpc) is 3.30. The number of ether oxygens (including phenoxy) is 2. The van der Waals surface area contributed by atoms with Gasteiger partial charge < -0.3 is 19.4 Å². The number of fused-ring (bicyclic) bond motifs is 6. The van der Waals surface area contributed by atoms with Crippen LogP contribution in [0.25, 0.3) is 43.6 Å². The number of carbonyl (C=O) groups is 2. The fraction of sp³-hybridized carbons (Fsp3) is 0.167. The topological polar surface area (TPSA) is 84.2 Å². The fourth-order valence-electron chi connectivity index (χ4n) is 4.29. The maximum Gasteiger partial charge on any atom is 0.340 e. The molecular formula is C24H18F2N2O4. The number of hydrogen-bond donors (Lipinski definition) is 2. The number of rotatable bonds is 4. The van der Waals surface area contributed by atoms with E-state index in [0.717, 1.165) is 0 Å². The molecule has 0 aliphatic carbocycles. The molecule has 2 N–H and O–H groups in total. The summed E-state index contributed by atoms with van der Waals surface area (Å²) in [6.07, 6.45) is 0. The molecule has 0 aliphatic rings. The zero-order valence-electron chi connectivity index (χ0n) is 17.3. The third-order valence-electron chi connectivity index (χ3n) is 5.48. The van der Waals surface area contributed by atoms with Gasteiger partial charge >= 0.3 is 11.9 Å². The van der Waals surface area contributed by atoms with Crippen LogP contribution in [0.4, 0.5) is 8.78 Å². The van der Waals surface area contributed by atoms with E-state index < -0.39 is 23.6 Å². The highest BCUT2D eigenvalue weighted by atomic mass is 19.1. The second-order valence-corrected chi connectivity index (χ2v) is 7.32. The predicted octanol–water partition coefficient (Wildman–Crippen LogP) is 5.59. The molecule has 0 spiro atoms. The van der Waals surface area contributed by atoms with Crippen molar-refractivity contribution in [3.8, 4) is 0 Å². The quantitative estimate of drug-likeness (QED) is 0.360. The first kappa shape index (κ1) is 20.0. The Morgan fingerprint density at radius 2 is 1.16 bits per heavy atom. The van der Waals surface area contributed by atoms with Gasteiger partial charge in [-0.15, -0.1) is 0 Å². The molecule has 3 aromatic carbocycles. The number of halogens is 2. The molecule has 2 heterocycles. The van der Waals surface area contributed by atoms with Crippen LogP contribution in [-0.4, -0.2) is 35.1 Å². The average molecular weight is 436 g/mol. The summed E-state index contributed by atoms with van der Waals surface area (Å²) in [5.41, 5.74) is 1.92. The van der Waals surface area contributed by atoms with Crippen molar-refractivity contribution < 1.29 is 27.8 Å². The third kappa shape index (κ3) is 2.83. The zero-order chi connectivity index (χ0) is 22.6. The highest BCUT2D eigenvalue weighted by Crippen LogP contribution is 2.41. The molecule has 162 valence electrons. The first-order chi connectivity index (χ1) is 15.4. The van der Waals surface area contributed by atoms with E-state index in [4.69, 9.17) is 9.47 Å². The van der Waals surface area contributed by atoms with E-state index in [1.54, 1.807) is 13.8 Å². The maximum atomic E-state index is 14.2. The Kier molecular flexibility index (Phi) is 4.58. The molecule has 32 heavy (non-hydrogen) atoms. The number of carbonyl (C=O) groups excluding carboxylic acids is 2. The summed E-state index contributed by atoms with van der Waals surface area (Å²) in [5, 5.41) is 1.50. The number of H-pyrrole nitrogens is 2. The van der Waals surface area contributed by atoms with Crippen LogP contribution in [0.15, 0.2) is 36.4 Å². The molecule has 0 saturated carbocycles. The second kappa shape index (κ2) is 7.33. The standard InChI is InChI=1S/C24H18F2N2O4/c1-3-31-23(29)19-17-13-9-11(25)5-7-15(13)28-22(17)20(24(30)32-4-2)18-14-10-12(26)6-8-16(14)27-21(18)19/h5-10,27-28H,3-4H2,1-2H3. The smallest absolute Gasteiger partial charge is 0.340 e. The van der Waals surface area contributed by atoms with Gasteiger partial charge in [0.05, 0.1) is 35.4 Å². The van der Waals surface area contributed by atoms with E-state index in [1.807, 2.05) is 0 Å². The molecule has 6 nitrogen and oxygen atoms in total. The normalized spacial score (nSPS) is 11.6. The van der Waals surface area contributed by atoms with Crippen LogP contribution < -0.4 is 0 Å². The van der Waals surface area contributed by atoms with Crippen molar-refractivity contribution in [2.75, 3.05) is 13.2 Å². The van der Waals surface area contributed by atoms with Crippen LogP contribution in [0, 0.1) is 11.6 Å². The van der Waals surface area contributed by atoms with E-state index in [9.17, 15) is 18.4 Å². The Balaban J connectivity index is 2.09. The van der Waals surface area contributed by atoms with Crippen molar-refractivity contribution in [1.29, 1.82) is 0 Å². The fourth-order valence-corrected chi connectivity index (χ4v) is 4.29. The highest BCUT2D eigenvalue weighted by molar-refractivity contribution is 6.33. The lowest BCUT2D eigenvalue weighted by Gasteiger charge is -2.11. The maximum absolute atomic E-state index is 14.2. The Hall–Kier alpha value is -3.94. The minimum absolute atomic E-state index is 0.118. The number of aromatic amines is 2. The molecule has 5 rings (SSSR count). The molecule has 0 saturated heterocycles. The first-order valence-electron chi connectivity index (χ1n) is 10.2. The molecule has 2 aromatic heterocycles. The van der Waals surface area contributed by atoms with Crippen molar-refractivity contribution in [2.24, 2.45) is 0 Å². The van der Waals surface area contributed by atoms with Gasteiger partial charge in [0.25, 0.3) is 0 Å². The van der Waals surface area contributed by atoms with Crippen molar-refractivity contribution >= 4 is 55.6 Å². The van der Waals surface area contributed by atoms with E-state index in [0.29, 0.717) is 43.6 Å². The molecule has 0 radical (unpaired) electrons. The van der Waals surface area contributed by atoms with E-state index in [2.05, 4.69) is 9.97 Å². The summed E-state index contributed by atoms with van der Waals surface area (Å²) in [6, 6.07) is 8.20. The van der Waals surface area contributed by atoms with Gasteiger partial charge in [0, 0.05) is 32.6 Å². The van der Waals surface area contributed by atoms with Crippen LogP contribution in [0.3, 0.4) is 0 Å². The molecule has 0 unspecified atom stereocenters. The zero-order valence-corrected chi connectivity index (χ0v) is 17.3. The second-order valence-electron chi connectivity index (χ2n) is 7.32. The Morgan fingerprint density at radius 3 is 1.53 bits per heavy atom. The van der Waals surface area contributed by atoms with Gasteiger partial charge in [-0.25, -0.2) is 18.4 Å². The summed E-state index contributed by atoms with van der Waals surface area (Å²) >= 11 is 0. The van der Waals surface area contributed by atoms with Crippen molar-refractivity contribution in [3.05, 3.63) is 59.2 Å². The lowest BCUT2D eigenvalue weighted by atomic mass is 9.96. The Labute approximate surface area is 180 Å². The van der Waals surface area contributed by atoms with Crippen LogP contribution >= 0.6 is 0 Å². The van der Waals surface area contributed by atoms with Crippen molar-refractivity contribution in [2.45, 2.75) is 13.8 Å². The highest BCUT2D eigenvalue weighted by Gasteiger charge is 2.29. The molecule has 0 aliphatic heterocycles. The van der Waals surface area contributed by atoms with Crippen LogP contribution in [0.1, 0.15) is 34.6 Å². The molecule has 0 amide bonds. The van der Waals surface area contributed by atoms with Crippen LogP contribution in [0.2, 0.25) is 0 Å². The van der Waals surface area contributed by atoms with Crippen molar-refractivity contribution in [1.82, 2.24) is 9.97 Å². The van der Waals surface area contributed by atoms with Gasteiger partial charge in [-0.05, 0) is 50.2 Å². The summed E-state index contributed by atoms with van der Waals surface area (Å²) in [5.74, 6) is -2.28. The predicted molar refractivity (Wildman–Crippen MR) is 117 cm³/mol. The number of esters is 2. The van der Waals surface area contributed by atoms with Gasteiger partial charge in [-0.3, -0.25) is 0 Å². The Bertz CT molecular complexity index is 1450. The number of hydrogen-bond acceptors (Lipinski definition) is 4. The number of benzene rings is 3. The summed E-state index contributed by atoms with van der Waals surface area (Å²) < 4.78 is 38.9. The lowest BCUT2D eigenvalue weighted by Crippen LogP contribution is -2.10. The van der Waals surface area contributed by atoms with E-state index >= 15 is 0 Å².